The van der Waals surface area contributed by atoms with Crippen molar-refractivity contribution < 1.29 is 14.6 Å². The van der Waals surface area contributed by atoms with Crippen LogP contribution in [-0.2, 0) is 0 Å². The minimum Gasteiger partial charge on any atom is -0.503 e. The summed E-state index contributed by atoms with van der Waals surface area (Å²) in [5.41, 5.74) is 2.76. The van der Waals surface area contributed by atoms with Crippen LogP contribution in [0.25, 0.3) is 11.3 Å². The van der Waals surface area contributed by atoms with Gasteiger partial charge in [0.1, 0.15) is 11.9 Å². The van der Waals surface area contributed by atoms with E-state index in [9.17, 15) is 19.4 Å². The predicted octanol–water partition coefficient (Wildman–Crippen LogP) is 5.54. The molecule has 1 unspecified atom stereocenters. The molecular formula is C25H21ClFNO3. The smallest absolute Gasteiger partial charge is 0.223 e. The topological polar surface area (TPSA) is 62.5 Å². The van der Waals surface area contributed by atoms with Crippen molar-refractivity contribution in [3.05, 3.63) is 111 Å². The summed E-state index contributed by atoms with van der Waals surface area (Å²) >= 11 is 5.76. The number of aliphatic hydroxyl groups is 1. The van der Waals surface area contributed by atoms with Crippen LogP contribution in [0.3, 0.4) is 0 Å². The number of aliphatic hydroxyl groups excluding tert-OH is 1. The Morgan fingerprint density at radius 3 is 2.61 bits per heavy atom. The molecule has 31 heavy (non-hydrogen) atoms. The van der Waals surface area contributed by atoms with Gasteiger partial charge in [0, 0.05) is 11.8 Å². The first-order valence-corrected chi connectivity index (χ1v) is 10.4. The highest BCUT2D eigenvalue weighted by atomic mass is 35.5. The molecule has 158 valence electrons. The summed E-state index contributed by atoms with van der Waals surface area (Å²) in [4.78, 5) is 12.2. The van der Waals surface area contributed by atoms with Gasteiger partial charge in [0.25, 0.3) is 0 Å². The van der Waals surface area contributed by atoms with Gasteiger partial charge >= 0.3 is 0 Å². The second kappa shape index (κ2) is 8.92. The lowest BCUT2D eigenvalue weighted by Gasteiger charge is -2.21. The van der Waals surface area contributed by atoms with Gasteiger partial charge in [0.05, 0.1) is 16.9 Å². The number of allylic oxidation sites excluding steroid dienone is 4. The molecule has 0 bridgehead atoms. The Balaban J connectivity index is 1.83. The largest absolute Gasteiger partial charge is 0.503 e. The van der Waals surface area contributed by atoms with E-state index in [2.05, 4.69) is 6.08 Å². The van der Waals surface area contributed by atoms with Gasteiger partial charge in [-0.1, -0.05) is 54.1 Å². The summed E-state index contributed by atoms with van der Waals surface area (Å²) in [6, 6.07) is 15.1. The van der Waals surface area contributed by atoms with Crippen molar-refractivity contribution in [2.24, 2.45) is 0 Å². The van der Waals surface area contributed by atoms with Gasteiger partial charge in [-0.2, -0.15) is 0 Å². The molecule has 0 radical (unpaired) electrons. The number of hydrogen-bond acceptors (Lipinski definition) is 3. The third-order valence-electron chi connectivity index (χ3n) is 5.34. The zero-order valence-electron chi connectivity index (χ0n) is 16.6. The highest BCUT2D eigenvalue weighted by Crippen LogP contribution is 2.32. The maximum atomic E-state index is 14.0. The SMILES string of the molecule is O=c1cc(C(O)c2ccc(Cl)c(F)c2)n(C2=CC(c3ccccc3)=CCCC2)cc1O. The fraction of sp³-hybridized carbons (Fsp3) is 0.160. The summed E-state index contributed by atoms with van der Waals surface area (Å²) in [6.07, 6.45) is 6.57. The van der Waals surface area contributed by atoms with Gasteiger partial charge in [0.2, 0.25) is 5.43 Å². The Bertz CT molecular complexity index is 1230. The van der Waals surface area contributed by atoms with Gasteiger partial charge in [-0.15, -0.1) is 0 Å². The summed E-state index contributed by atoms with van der Waals surface area (Å²) in [5.74, 6) is -1.08. The Morgan fingerprint density at radius 1 is 1.10 bits per heavy atom. The fourth-order valence-corrected chi connectivity index (χ4v) is 3.84. The predicted molar refractivity (Wildman–Crippen MR) is 120 cm³/mol. The third kappa shape index (κ3) is 4.48. The van der Waals surface area contributed by atoms with Crippen LogP contribution in [0.2, 0.25) is 5.02 Å². The zero-order chi connectivity index (χ0) is 22.0. The molecule has 0 amide bonds. The quantitative estimate of drug-likeness (QED) is 0.563. The lowest BCUT2D eigenvalue weighted by molar-refractivity contribution is 0.211. The van der Waals surface area contributed by atoms with Crippen LogP contribution < -0.4 is 5.43 Å². The monoisotopic (exact) mass is 437 g/mol. The molecule has 0 spiro atoms. The number of hydrogen-bond donors (Lipinski definition) is 2. The van der Waals surface area contributed by atoms with Gasteiger partial charge < -0.3 is 14.8 Å². The van der Waals surface area contributed by atoms with Crippen molar-refractivity contribution in [2.45, 2.75) is 25.4 Å². The molecule has 1 aliphatic carbocycles. The molecule has 3 aromatic rings. The van der Waals surface area contributed by atoms with E-state index in [1.807, 2.05) is 36.4 Å². The van der Waals surface area contributed by atoms with Crippen molar-refractivity contribution in [1.29, 1.82) is 0 Å². The van der Waals surface area contributed by atoms with Crippen LogP contribution in [0.5, 0.6) is 5.75 Å². The Morgan fingerprint density at radius 2 is 1.87 bits per heavy atom. The summed E-state index contributed by atoms with van der Waals surface area (Å²) in [6.45, 7) is 0. The molecule has 2 aromatic carbocycles. The maximum absolute atomic E-state index is 14.0. The Hall–Kier alpha value is -3.15. The average molecular weight is 438 g/mol. The lowest BCUT2D eigenvalue weighted by atomic mass is 10.0. The Kier molecular flexibility index (Phi) is 6.07. The molecule has 2 N–H and O–H groups in total. The molecule has 1 atom stereocenters. The van der Waals surface area contributed by atoms with Gasteiger partial charge in [-0.25, -0.2) is 4.39 Å². The molecule has 0 fully saturated rings. The molecule has 0 saturated heterocycles. The van der Waals surface area contributed by atoms with Crippen molar-refractivity contribution >= 4 is 22.9 Å². The van der Waals surface area contributed by atoms with Crippen molar-refractivity contribution in [3.8, 4) is 5.75 Å². The molecule has 6 heteroatoms. The highest BCUT2D eigenvalue weighted by molar-refractivity contribution is 6.30. The highest BCUT2D eigenvalue weighted by Gasteiger charge is 2.20. The number of pyridine rings is 1. The van der Waals surface area contributed by atoms with Crippen LogP contribution in [0.1, 0.15) is 42.2 Å². The van der Waals surface area contributed by atoms with E-state index in [1.54, 1.807) is 4.57 Å². The van der Waals surface area contributed by atoms with Gasteiger partial charge in [-0.3, -0.25) is 4.79 Å². The minimum absolute atomic E-state index is 0.0526. The van der Waals surface area contributed by atoms with Crippen molar-refractivity contribution in [1.82, 2.24) is 4.57 Å². The number of aromatic nitrogens is 1. The van der Waals surface area contributed by atoms with Crippen LogP contribution in [0.4, 0.5) is 4.39 Å². The second-order valence-electron chi connectivity index (χ2n) is 7.45. The first kappa shape index (κ1) is 21.1. The molecule has 4 rings (SSSR count). The number of rotatable bonds is 4. The summed E-state index contributed by atoms with van der Waals surface area (Å²) in [5, 5.41) is 21.0. The summed E-state index contributed by atoms with van der Waals surface area (Å²) in [7, 11) is 0. The Labute approximate surface area is 184 Å². The van der Waals surface area contributed by atoms with E-state index < -0.39 is 23.1 Å². The molecule has 1 aromatic heterocycles. The van der Waals surface area contributed by atoms with E-state index >= 15 is 0 Å². The standard InChI is InChI=1S/C25H21ClFNO3/c26-20-11-10-18(13-21(20)27)25(31)22-14-23(29)24(30)15-28(22)19-9-5-4-8-17(12-19)16-6-2-1-3-7-16/h1-3,6-8,10-15,25,30-31H,4-5,9H2. The van der Waals surface area contributed by atoms with Gasteiger partial charge in [0.15, 0.2) is 5.75 Å². The van der Waals surface area contributed by atoms with Crippen LogP contribution >= 0.6 is 11.6 Å². The molecular weight excluding hydrogens is 417 g/mol. The second-order valence-corrected chi connectivity index (χ2v) is 7.85. The van der Waals surface area contributed by atoms with E-state index in [4.69, 9.17) is 11.6 Å². The molecule has 1 heterocycles. The molecule has 0 aliphatic heterocycles. The van der Waals surface area contributed by atoms with E-state index in [0.717, 1.165) is 35.7 Å². The molecule has 1 aliphatic rings. The van der Waals surface area contributed by atoms with Crippen LogP contribution in [0.15, 0.2) is 77.7 Å². The third-order valence-corrected chi connectivity index (χ3v) is 5.65. The van der Waals surface area contributed by atoms with Crippen LogP contribution in [-0.4, -0.2) is 14.8 Å². The average Bonchev–Trinajstić information content (AvgIpc) is 3.04. The van der Waals surface area contributed by atoms with E-state index in [-0.39, 0.29) is 16.3 Å². The fourth-order valence-electron chi connectivity index (χ4n) is 3.72. The first-order chi connectivity index (χ1) is 14.9. The van der Waals surface area contributed by atoms with Crippen molar-refractivity contribution in [3.63, 3.8) is 0 Å². The first-order valence-electron chi connectivity index (χ1n) is 9.99. The number of benzene rings is 2. The van der Waals surface area contributed by atoms with Crippen LogP contribution in [0, 0.1) is 5.82 Å². The molecule has 4 nitrogen and oxygen atoms in total. The lowest BCUT2D eigenvalue weighted by Crippen LogP contribution is -2.16. The maximum Gasteiger partial charge on any atom is 0.223 e. The van der Waals surface area contributed by atoms with Gasteiger partial charge in [-0.05, 0) is 54.2 Å². The normalized spacial score (nSPS) is 15.1. The van der Waals surface area contributed by atoms with E-state index in [0.29, 0.717) is 6.42 Å². The summed E-state index contributed by atoms with van der Waals surface area (Å²) < 4.78 is 15.6. The number of aromatic hydroxyl groups is 1. The molecule has 0 saturated carbocycles. The number of nitrogens with zero attached hydrogens (tertiary/aromatic N) is 1. The zero-order valence-corrected chi connectivity index (χ0v) is 17.4. The van der Waals surface area contributed by atoms with Crippen molar-refractivity contribution in [2.75, 3.05) is 0 Å². The minimum atomic E-state index is -1.28. The number of halogens is 2. The van der Waals surface area contributed by atoms with E-state index in [1.165, 1.54) is 24.4 Å².